The van der Waals surface area contributed by atoms with Crippen LogP contribution in [0.15, 0.2) is 22.7 Å². The molecule has 2 rings (SSSR count). The average Bonchev–Trinajstić information content (AvgIpc) is 2.80. The van der Waals surface area contributed by atoms with Crippen LogP contribution in [0.1, 0.15) is 31.9 Å². The summed E-state index contributed by atoms with van der Waals surface area (Å²) in [6.45, 7) is 7.07. The van der Waals surface area contributed by atoms with E-state index >= 15 is 0 Å². The highest BCUT2D eigenvalue weighted by molar-refractivity contribution is 9.10. The average molecular weight is 330 g/mol. The van der Waals surface area contributed by atoms with Crippen LogP contribution in [0.25, 0.3) is 0 Å². The van der Waals surface area contributed by atoms with Crippen molar-refractivity contribution in [2.45, 2.75) is 26.4 Å². The van der Waals surface area contributed by atoms with Gasteiger partial charge in [-0.25, -0.2) is 4.39 Å². The molecule has 2 nitrogen and oxygen atoms in total. The van der Waals surface area contributed by atoms with E-state index in [9.17, 15) is 4.39 Å². The van der Waals surface area contributed by atoms with E-state index < -0.39 is 0 Å². The third-order valence-corrected chi connectivity index (χ3v) is 4.16. The third kappa shape index (κ3) is 4.01. The van der Waals surface area contributed by atoms with Gasteiger partial charge in [-0.2, -0.15) is 0 Å². The lowest BCUT2D eigenvalue weighted by atomic mass is 9.95. The Morgan fingerprint density at radius 2 is 2.26 bits per heavy atom. The number of halogens is 2. The molecule has 2 atom stereocenters. The van der Waals surface area contributed by atoms with Crippen molar-refractivity contribution in [3.05, 3.63) is 34.1 Å². The zero-order chi connectivity index (χ0) is 13.8. The van der Waals surface area contributed by atoms with Crippen molar-refractivity contribution in [2.24, 2.45) is 11.8 Å². The van der Waals surface area contributed by atoms with E-state index in [2.05, 4.69) is 35.1 Å². The second-order valence-electron chi connectivity index (χ2n) is 5.56. The predicted molar refractivity (Wildman–Crippen MR) is 78.6 cm³/mol. The lowest BCUT2D eigenvalue weighted by Crippen LogP contribution is -2.28. The Morgan fingerprint density at radius 1 is 1.47 bits per heavy atom. The third-order valence-electron chi connectivity index (χ3n) is 3.44. The first-order valence-electron chi connectivity index (χ1n) is 6.85. The highest BCUT2D eigenvalue weighted by Crippen LogP contribution is 2.37. The molecule has 0 bridgehead atoms. The van der Waals surface area contributed by atoms with E-state index in [0.29, 0.717) is 11.8 Å². The zero-order valence-electron chi connectivity index (χ0n) is 11.5. The van der Waals surface area contributed by atoms with Crippen molar-refractivity contribution in [2.75, 3.05) is 19.7 Å². The first-order valence-corrected chi connectivity index (χ1v) is 7.64. The van der Waals surface area contributed by atoms with Gasteiger partial charge in [0.05, 0.1) is 6.10 Å². The van der Waals surface area contributed by atoms with Crippen molar-refractivity contribution in [3.63, 3.8) is 0 Å². The van der Waals surface area contributed by atoms with Crippen molar-refractivity contribution in [1.82, 2.24) is 5.32 Å². The molecule has 1 aromatic carbocycles. The normalized spacial score (nSPS) is 23.2. The maximum Gasteiger partial charge on any atom is 0.123 e. The van der Waals surface area contributed by atoms with Crippen LogP contribution in [0, 0.1) is 17.7 Å². The summed E-state index contributed by atoms with van der Waals surface area (Å²) in [5.41, 5.74) is 0.925. The van der Waals surface area contributed by atoms with E-state index in [0.717, 1.165) is 36.2 Å². The van der Waals surface area contributed by atoms with Crippen LogP contribution in [-0.4, -0.2) is 19.7 Å². The van der Waals surface area contributed by atoms with E-state index in [1.807, 2.05) is 0 Å². The second-order valence-corrected chi connectivity index (χ2v) is 6.41. The first-order chi connectivity index (χ1) is 9.08. The molecule has 1 aromatic rings. The molecule has 106 valence electrons. The van der Waals surface area contributed by atoms with Crippen molar-refractivity contribution >= 4 is 15.9 Å². The van der Waals surface area contributed by atoms with Crippen LogP contribution in [-0.2, 0) is 4.74 Å². The van der Waals surface area contributed by atoms with Crippen LogP contribution in [0.3, 0.4) is 0 Å². The zero-order valence-corrected chi connectivity index (χ0v) is 13.0. The summed E-state index contributed by atoms with van der Waals surface area (Å²) in [5.74, 6) is 0.848. The monoisotopic (exact) mass is 329 g/mol. The van der Waals surface area contributed by atoms with E-state index in [4.69, 9.17) is 4.74 Å². The Kier molecular flexibility index (Phi) is 5.37. The maximum absolute atomic E-state index is 13.4. The van der Waals surface area contributed by atoms with E-state index in [1.165, 1.54) is 6.07 Å². The summed E-state index contributed by atoms with van der Waals surface area (Å²) in [6.07, 6.45) is 1.02. The van der Waals surface area contributed by atoms with Crippen LogP contribution in [0.5, 0.6) is 0 Å². The van der Waals surface area contributed by atoms with Gasteiger partial charge in [0.1, 0.15) is 5.82 Å². The molecule has 1 N–H and O–H groups in total. The fourth-order valence-corrected chi connectivity index (χ4v) is 2.95. The van der Waals surface area contributed by atoms with Gasteiger partial charge in [-0.15, -0.1) is 0 Å². The summed E-state index contributed by atoms with van der Waals surface area (Å²) in [5, 5.41) is 3.47. The lowest BCUT2D eigenvalue weighted by molar-refractivity contribution is 0.0895. The van der Waals surface area contributed by atoms with Gasteiger partial charge < -0.3 is 10.1 Å². The SMILES string of the molecule is CC(C)CNCC1CCOC1c1cc(F)ccc1Br. The largest absolute Gasteiger partial charge is 0.373 e. The van der Waals surface area contributed by atoms with Crippen LogP contribution in [0.4, 0.5) is 4.39 Å². The summed E-state index contributed by atoms with van der Waals surface area (Å²) in [6, 6.07) is 4.80. The van der Waals surface area contributed by atoms with Crippen LogP contribution in [0.2, 0.25) is 0 Å². The summed E-state index contributed by atoms with van der Waals surface area (Å²) in [7, 11) is 0. The van der Waals surface area contributed by atoms with Gasteiger partial charge >= 0.3 is 0 Å². The number of rotatable bonds is 5. The van der Waals surface area contributed by atoms with Gasteiger partial charge in [0, 0.05) is 23.5 Å². The topological polar surface area (TPSA) is 21.3 Å². The number of nitrogens with one attached hydrogen (secondary N) is 1. The van der Waals surface area contributed by atoms with Gasteiger partial charge in [0.2, 0.25) is 0 Å². The fourth-order valence-electron chi connectivity index (χ4n) is 2.48. The smallest absolute Gasteiger partial charge is 0.123 e. The van der Waals surface area contributed by atoms with E-state index in [1.54, 1.807) is 12.1 Å². The van der Waals surface area contributed by atoms with Gasteiger partial charge in [-0.05, 0) is 42.6 Å². The number of hydrogen-bond donors (Lipinski definition) is 1. The summed E-state index contributed by atoms with van der Waals surface area (Å²) < 4.78 is 20.1. The minimum atomic E-state index is -0.206. The summed E-state index contributed by atoms with van der Waals surface area (Å²) in [4.78, 5) is 0. The van der Waals surface area contributed by atoms with Crippen molar-refractivity contribution < 1.29 is 9.13 Å². The van der Waals surface area contributed by atoms with Gasteiger partial charge in [-0.1, -0.05) is 29.8 Å². The molecule has 2 unspecified atom stereocenters. The fraction of sp³-hybridized carbons (Fsp3) is 0.600. The number of ether oxygens (including phenoxy) is 1. The summed E-state index contributed by atoms with van der Waals surface area (Å²) >= 11 is 3.49. The Labute approximate surface area is 122 Å². The molecule has 0 spiro atoms. The molecule has 0 saturated carbocycles. The van der Waals surface area contributed by atoms with E-state index in [-0.39, 0.29) is 11.9 Å². The van der Waals surface area contributed by atoms with Crippen LogP contribution >= 0.6 is 15.9 Å². The molecule has 0 aliphatic carbocycles. The predicted octanol–water partition coefficient (Wildman–Crippen LogP) is 3.91. The molecule has 1 aliphatic heterocycles. The van der Waals surface area contributed by atoms with Crippen molar-refractivity contribution in [3.8, 4) is 0 Å². The Bertz CT molecular complexity index is 425. The van der Waals surface area contributed by atoms with Gasteiger partial charge in [0.25, 0.3) is 0 Å². The highest BCUT2D eigenvalue weighted by Gasteiger charge is 2.30. The molecule has 0 aromatic heterocycles. The Balaban J connectivity index is 2.03. The maximum atomic E-state index is 13.4. The molecule has 1 saturated heterocycles. The molecule has 1 fully saturated rings. The van der Waals surface area contributed by atoms with Gasteiger partial charge in [0.15, 0.2) is 0 Å². The minimum Gasteiger partial charge on any atom is -0.373 e. The molecular formula is C15H21BrFNO. The molecule has 0 amide bonds. The molecule has 1 heterocycles. The molecule has 0 radical (unpaired) electrons. The molecule has 19 heavy (non-hydrogen) atoms. The number of hydrogen-bond acceptors (Lipinski definition) is 2. The van der Waals surface area contributed by atoms with Crippen molar-refractivity contribution in [1.29, 1.82) is 0 Å². The Hall–Kier alpha value is -0.450. The second kappa shape index (κ2) is 6.82. The molecular weight excluding hydrogens is 309 g/mol. The number of benzene rings is 1. The molecule has 4 heteroatoms. The lowest BCUT2D eigenvalue weighted by Gasteiger charge is -2.21. The minimum absolute atomic E-state index is 0.00950. The standard InChI is InChI=1S/C15H21BrFNO/c1-10(2)8-18-9-11-5-6-19-15(11)13-7-12(17)3-4-14(13)16/h3-4,7,10-11,15,18H,5-6,8-9H2,1-2H3. The molecule has 1 aliphatic rings. The van der Waals surface area contributed by atoms with Gasteiger partial charge in [-0.3, -0.25) is 0 Å². The first kappa shape index (κ1) is 14.9. The quantitative estimate of drug-likeness (QED) is 0.884. The Morgan fingerprint density at radius 3 is 3.00 bits per heavy atom. The van der Waals surface area contributed by atoms with Crippen LogP contribution < -0.4 is 5.32 Å². The highest BCUT2D eigenvalue weighted by atomic mass is 79.9.